The molecule has 0 saturated carbocycles. The first-order valence-electron chi connectivity index (χ1n) is 0.548. The van der Waals surface area contributed by atoms with Gasteiger partial charge in [0.05, 0.1) is 5.09 Å². The van der Waals surface area contributed by atoms with E-state index in [-0.39, 0.29) is 45.9 Å². The molecule has 0 aliphatic carbocycles. The Morgan fingerprint density at radius 3 is 1.33 bits per heavy atom. The molecule has 0 rings (SSSR count). The Kier molecular flexibility index (Phi) is 24.3. The zero-order chi connectivity index (χ0) is 3.58. The van der Waals surface area contributed by atoms with Crippen LogP contribution < -0.4 is 0 Å². The Labute approximate surface area is 65.9 Å². The van der Waals surface area contributed by atoms with E-state index in [1.54, 1.807) is 0 Å². The van der Waals surface area contributed by atoms with Gasteiger partial charge in [-0.25, -0.2) is 0 Å². The van der Waals surface area contributed by atoms with E-state index in [0.29, 0.717) is 0 Å². The molecule has 6 heavy (non-hydrogen) atoms. The molecular formula is H2NO4Sm-. The SMILES string of the molecule is O.O=[N+]([O-])[O-].[Sm]. The summed E-state index contributed by atoms with van der Waals surface area (Å²) in [7, 11) is 0. The smallest absolute Gasteiger partial charge is 0.0689 e. The summed E-state index contributed by atoms with van der Waals surface area (Å²) in [5.41, 5.74) is 0. The molecule has 0 aliphatic heterocycles. The molecule has 0 aliphatic rings. The van der Waals surface area contributed by atoms with E-state index in [9.17, 15) is 0 Å². The van der Waals surface area contributed by atoms with Crippen LogP contribution in [-0.4, -0.2) is 10.6 Å². The van der Waals surface area contributed by atoms with E-state index in [0.717, 1.165) is 0 Å². The topological polar surface area (TPSA) is 97.7 Å². The molecule has 0 radical (unpaired) electrons. The van der Waals surface area contributed by atoms with Gasteiger partial charge in [0.15, 0.2) is 0 Å². The minimum atomic E-state index is -1.75. The van der Waals surface area contributed by atoms with Gasteiger partial charge in [0, 0.05) is 40.4 Å². The molecule has 38 valence electrons. The maximum atomic E-state index is 8.25. The molecule has 0 fully saturated rings. The molecule has 0 aromatic carbocycles. The van der Waals surface area contributed by atoms with Gasteiger partial charge < -0.3 is 20.8 Å². The van der Waals surface area contributed by atoms with E-state index in [1.165, 1.54) is 0 Å². The van der Waals surface area contributed by atoms with Crippen LogP contribution in [0.3, 0.4) is 0 Å². The van der Waals surface area contributed by atoms with Crippen LogP contribution in [0.15, 0.2) is 0 Å². The van der Waals surface area contributed by atoms with Gasteiger partial charge in [-0.1, -0.05) is 0 Å². The minimum absolute atomic E-state index is 0. The Morgan fingerprint density at radius 2 is 1.33 bits per heavy atom. The second-order valence-electron chi connectivity index (χ2n) is 0.224. The Hall–Kier alpha value is 0.498. The first-order chi connectivity index (χ1) is 1.73. The van der Waals surface area contributed by atoms with Crippen molar-refractivity contribution in [3.05, 3.63) is 15.3 Å². The maximum Gasteiger partial charge on any atom is 0.0689 e. The van der Waals surface area contributed by atoms with E-state index in [1.807, 2.05) is 0 Å². The molecule has 0 atom stereocenters. The van der Waals surface area contributed by atoms with Crippen molar-refractivity contribution in [3.63, 3.8) is 0 Å². The van der Waals surface area contributed by atoms with Gasteiger partial charge in [-0.15, -0.1) is 0 Å². The number of hydrogen-bond acceptors (Lipinski definition) is 3. The summed E-state index contributed by atoms with van der Waals surface area (Å²) in [6.45, 7) is 0. The van der Waals surface area contributed by atoms with Crippen LogP contribution >= 0.6 is 0 Å². The predicted molar refractivity (Wildman–Crippen MR) is 14.0 cm³/mol. The van der Waals surface area contributed by atoms with Crippen molar-refractivity contribution in [2.75, 3.05) is 0 Å². The molecule has 0 heterocycles. The summed E-state index contributed by atoms with van der Waals surface area (Å²) in [6, 6.07) is 0. The summed E-state index contributed by atoms with van der Waals surface area (Å²) in [4.78, 5) is 8.25. The van der Waals surface area contributed by atoms with Crippen LogP contribution in [0.1, 0.15) is 0 Å². The normalized spacial score (nSPS) is 4.00. The zero-order valence-corrected chi connectivity index (χ0v) is 5.20. The van der Waals surface area contributed by atoms with Gasteiger partial charge in [-0.3, -0.25) is 0 Å². The first-order valence-corrected chi connectivity index (χ1v) is 0.548. The van der Waals surface area contributed by atoms with Gasteiger partial charge in [-0.05, 0) is 0 Å². The average Bonchev–Trinajstić information content (AvgIpc) is 0.811. The molecule has 0 amide bonds. The van der Waals surface area contributed by atoms with Crippen molar-refractivity contribution in [1.82, 2.24) is 0 Å². The second kappa shape index (κ2) is 9.09. The van der Waals surface area contributed by atoms with Crippen molar-refractivity contribution >= 4 is 0 Å². The Bertz CT molecular complexity index is 30.5. The molecular weight excluding hydrogens is 228 g/mol. The van der Waals surface area contributed by atoms with Crippen LogP contribution in [0.25, 0.3) is 0 Å². The fourth-order valence-corrected chi connectivity index (χ4v) is 0. The summed E-state index contributed by atoms with van der Waals surface area (Å²) < 4.78 is 0. The van der Waals surface area contributed by atoms with Crippen molar-refractivity contribution < 1.29 is 51.0 Å². The molecule has 0 bridgehead atoms. The predicted octanol–water partition coefficient (Wildman–Crippen LogP) is -1.06. The molecule has 5 nitrogen and oxygen atoms in total. The van der Waals surface area contributed by atoms with Gasteiger partial charge in [0.2, 0.25) is 0 Å². The summed E-state index contributed by atoms with van der Waals surface area (Å²) >= 11 is 0. The van der Waals surface area contributed by atoms with Crippen molar-refractivity contribution in [1.29, 1.82) is 0 Å². The fraction of sp³-hybridized carbons (Fsp3) is 0. The van der Waals surface area contributed by atoms with Crippen molar-refractivity contribution in [2.45, 2.75) is 0 Å². The standard InChI is InChI=1S/NO3.H2O.Sm/c2-1(3)4;;/h;1H2;/q-1;;. The number of nitrogens with zero attached hydrogens (tertiary/aromatic N) is 1. The number of hydrogen-bond donors (Lipinski definition) is 0. The minimum Gasteiger partial charge on any atom is -0.412 e. The van der Waals surface area contributed by atoms with Crippen LogP contribution in [-0.2, 0) is 0 Å². The fourth-order valence-electron chi connectivity index (χ4n) is 0. The second-order valence-corrected chi connectivity index (χ2v) is 0.224. The third-order valence-corrected chi connectivity index (χ3v) is 0. The summed E-state index contributed by atoms with van der Waals surface area (Å²) in [6.07, 6.45) is 0. The van der Waals surface area contributed by atoms with Gasteiger partial charge in [0.25, 0.3) is 0 Å². The van der Waals surface area contributed by atoms with Crippen LogP contribution in [0.5, 0.6) is 0 Å². The summed E-state index contributed by atoms with van der Waals surface area (Å²) in [5, 5.41) is 14.8. The maximum absolute atomic E-state index is 8.25. The first kappa shape index (κ1) is 16.1. The van der Waals surface area contributed by atoms with Crippen molar-refractivity contribution in [3.8, 4) is 0 Å². The van der Waals surface area contributed by atoms with Gasteiger partial charge in [-0.2, -0.15) is 0 Å². The van der Waals surface area contributed by atoms with E-state index < -0.39 is 5.09 Å². The van der Waals surface area contributed by atoms with E-state index >= 15 is 0 Å². The molecule has 0 unspecified atom stereocenters. The van der Waals surface area contributed by atoms with Crippen LogP contribution in [0.4, 0.5) is 0 Å². The Morgan fingerprint density at radius 1 is 1.33 bits per heavy atom. The van der Waals surface area contributed by atoms with E-state index in [2.05, 4.69) is 0 Å². The van der Waals surface area contributed by atoms with Gasteiger partial charge >= 0.3 is 0 Å². The molecule has 6 heteroatoms. The van der Waals surface area contributed by atoms with Crippen molar-refractivity contribution in [2.24, 2.45) is 0 Å². The van der Waals surface area contributed by atoms with Crippen LogP contribution in [0.2, 0.25) is 0 Å². The molecule has 0 aromatic rings. The molecule has 0 aromatic heterocycles. The third-order valence-electron chi connectivity index (χ3n) is 0. The number of rotatable bonds is 0. The average molecular weight is 230 g/mol. The zero-order valence-electron chi connectivity index (χ0n) is 2.58. The summed E-state index contributed by atoms with van der Waals surface area (Å²) in [5.74, 6) is 0. The molecule has 0 spiro atoms. The quantitative estimate of drug-likeness (QED) is 0.391. The van der Waals surface area contributed by atoms with E-state index in [4.69, 9.17) is 15.3 Å². The Balaban J connectivity index is -0.0000000450. The largest absolute Gasteiger partial charge is 0.412 e. The van der Waals surface area contributed by atoms with Gasteiger partial charge in [0.1, 0.15) is 0 Å². The monoisotopic (exact) mass is 232 g/mol. The van der Waals surface area contributed by atoms with Crippen LogP contribution in [0, 0.1) is 55.7 Å². The molecule has 2 N–H and O–H groups in total. The molecule has 0 saturated heterocycles. The third kappa shape index (κ3) is 222.